The van der Waals surface area contributed by atoms with Gasteiger partial charge in [0.1, 0.15) is 65.2 Å². The quantitative estimate of drug-likeness (QED) is 0.0429. The summed E-state index contributed by atoms with van der Waals surface area (Å²) in [7, 11) is 0. The van der Waals surface area contributed by atoms with Gasteiger partial charge in [0.2, 0.25) is 5.91 Å². The first-order valence-corrected chi connectivity index (χ1v) is 25.0. The molecule has 1 aromatic heterocycles. The van der Waals surface area contributed by atoms with Crippen molar-refractivity contribution in [3.8, 4) is 17.2 Å². The van der Waals surface area contributed by atoms with Crippen molar-refractivity contribution in [3.05, 3.63) is 105 Å². The maximum absolute atomic E-state index is 14.0. The summed E-state index contributed by atoms with van der Waals surface area (Å²) in [5, 5.41) is 84.8. The molecule has 10 atom stereocenters. The number of benzene rings is 3. The number of allylic oxidation sites excluding steroid dienone is 2. The lowest BCUT2D eigenvalue weighted by molar-refractivity contribution is -0.376. The van der Waals surface area contributed by atoms with Gasteiger partial charge < -0.3 is 60.4 Å². The number of amides is 1. The van der Waals surface area contributed by atoms with Gasteiger partial charge in [0, 0.05) is 79.3 Å². The van der Waals surface area contributed by atoms with Crippen LogP contribution in [0.2, 0.25) is 0 Å². The number of anilines is 1. The van der Waals surface area contributed by atoms with Crippen LogP contribution in [0, 0.1) is 24.7 Å². The van der Waals surface area contributed by atoms with Gasteiger partial charge >= 0.3 is 0 Å². The maximum atomic E-state index is 14.0. The molecule has 2 aliphatic carbocycles. The van der Waals surface area contributed by atoms with Crippen LogP contribution in [0.25, 0.3) is 21.7 Å². The van der Waals surface area contributed by atoms with E-state index in [1.54, 1.807) is 19.2 Å². The molecule has 378 valence electrons. The molecule has 17 heteroatoms. The molecule has 5 heterocycles. The van der Waals surface area contributed by atoms with Gasteiger partial charge in [-0.15, -0.1) is 0 Å². The molecule has 1 saturated heterocycles. The summed E-state index contributed by atoms with van der Waals surface area (Å²) >= 11 is 0. The fraction of sp³-hybridized carbons (Fsp3) is 0.500. The average molecular weight is 977 g/mol. The molecule has 1 unspecified atom stereocenters. The first-order chi connectivity index (χ1) is 34.2. The Morgan fingerprint density at radius 3 is 2.59 bits per heavy atom. The second-order valence-electron chi connectivity index (χ2n) is 20.5. The molecule has 2 fully saturated rings. The molecule has 9 N–H and O–H groups in total. The number of carbonyl (C=O) groups excluding carboxylic acids is 1. The van der Waals surface area contributed by atoms with Crippen LogP contribution in [-0.4, -0.2) is 122 Å². The Balaban J connectivity index is 1.09. The number of ether oxygens (including phenoxy) is 1. The van der Waals surface area contributed by atoms with Crippen molar-refractivity contribution in [1.82, 2.24) is 10.6 Å². The number of phenols is 2. The van der Waals surface area contributed by atoms with E-state index in [0.717, 1.165) is 37.0 Å². The number of hydrogen-bond acceptors (Lipinski definition) is 16. The second kappa shape index (κ2) is 19.8. The Kier molecular flexibility index (Phi) is 13.6. The molecule has 6 aliphatic rings. The van der Waals surface area contributed by atoms with E-state index in [2.05, 4.69) is 39.6 Å². The van der Waals surface area contributed by atoms with Crippen molar-refractivity contribution in [2.45, 2.75) is 126 Å². The van der Waals surface area contributed by atoms with Gasteiger partial charge in [-0.3, -0.25) is 14.6 Å². The number of aliphatic imine (C=N–C) groups is 1. The highest BCUT2D eigenvalue weighted by Gasteiger charge is 2.57. The van der Waals surface area contributed by atoms with Crippen molar-refractivity contribution in [1.29, 1.82) is 0 Å². The molecule has 1 amide bonds. The Morgan fingerprint density at radius 1 is 1.01 bits per heavy atom. The molecule has 4 aliphatic heterocycles. The second-order valence-corrected chi connectivity index (χ2v) is 20.5. The van der Waals surface area contributed by atoms with Gasteiger partial charge in [-0.1, -0.05) is 44.4 Å². The molecule has 1 spiro atoms. The number of hydrogen-bond donors (Lipinski definition) is 9. The molecule has 0 bridgehead atoms. The molecule has 71 heavy (non-hydrogen) atoms. The monoisotopic (exact) mass is 976 g/mol. The van der Waals surface area contributed by atoms with Gasteiger partial charge in [0.05, 0.1) is 23.7 Å². The SMILES string of the molecule is CCC1C2=CC=NC2=CN1c1c2c(cc3c(=O)cc(C)oc13)C[C@@H](OOC[C@@](O)(Cc1ccc(O)c3ccc(O)cc13)[C@@H](O)[C@H](O)[C@H](O)CO)[C@@]1(C[C@H]([C@@H]3CNC(=O)C3)C=C[C@H]1CNC1CCCCC1)O2. The summed E-state index contributed by atoms with van der Waals surface area (Å²) in [6.45, 7) is 3.07. The molecule has 1 saturated carbocycles. The first kappa shape index (κ1) is 49.0. The highest BCUT2D eigenvalue weighted by molar-refractivity contribution is 5.97. The number of aliphatic hydroxyl groups is 5. The minimum atomic E-state index is -2.44. The largest absolute Gasteiger partial charge is 0.508 e. The third-order valence-electron chi connectivity index (χ3n) is 15.9. The summed E-state index contributed by atoms with van der Waals surface area (Å²) in [4.78, 5) is 46.3. The van der Waals surface area contributed by atoms with Crippen molar-refractivity contribution < 1.29 is 59.5 Å². The average Bonchev–Trinajstić information content (AvgIpc) is 4.10. The van der Waals surface area contributed by atoms with E-state index >= 15 is 0 Å². The normalized spacial score (nSPS) is 27.3. The van der Waals surface area contributed by atoms with Crippen molar-refractivity contribution >= 4 is 39.6 Å². The molecular formula is C54H64N4O13. The minimum Gasteiger partial charge on any atom is -0.508 e. The van der Waals surface area contributed by atoms with Crippen molar-refractivity contribution in [2.24, 2.45) is 22.7 Å². The molecule has 10 rings (SSSR count). The Hall–Kier alpha value is -5.63. The van der Waals surface area contributed by atoms with E-state index < -0.39 is 55.3 Å². The summed E-state index contributed by atoms with van der Waals surface area (Å²) in [5.41, 5.74) is -0.195. The fourth-order valence-corrected chi connectivity index (χ4v) is 12.0. The van der Waals surface area contributed by atoms with Gasteiger partial charge in [0.25, 0.3) is 0 Å². The Morgan fingerprint density at radius 2 is 1.83 bits per heavy atom. The van der Waals surface area contributed by atoms with Crippen LogP contribution in [-0.2, 0) is 27.4 Å². The fourth-order valence-electron chi connectivity index (χ4n) is 12.0. The number of nitrogens with one attached hydrogen (secondary N) is 2. The van der Waals surface area contributed by atoms with E-state index in [-0.39, 0.29) is 59.1 Å². The number of fused-ring (bicyclic) bond motifs is 4. The zero-order valence-electron chi connectivity index (χ0n) is 40.0. The van der Waals surface area contributed by atoms with E-state index in [4.69, 9.17) is 18.9 Å². The van der Waals surface area contributed by atoms with E-state index in [9.17, 15) is 45.3 Å². The molecule has 0 radical (unpaired) electrons. The number of phenolic OH excluding ortho intramolecular Hbond substituents is 2. The predicted molar refractivity (Wildman–Crippen MR) is 264 cm³/mol. The van der Waals surface area contributed by atoms with Crippen molar-refractivity contribution in [3.63, 3.8) is 0 Å². The number of nitrogens with zero attached hydrogens (tertiary/aromatic N) is 2. The maximum Gasteiger partial charge on any atom is 0.220 e. The first-order valence-electron chi connectivity index (χ1n) is 25.0. The van der Waals surface area contributed by atoms with E-state index in [0.29, 0.717) is 82.4 Å². The predicted octanol–water partition coefficient (Wildman–Crippen LogP) is 4.41. The zero-order chi connectivity index (χ0) is 49.8. The van der Waals surface area contributed by atoms with Crippen molar-refractivity contribution in [2.75, 3.05) is 31.2 Å². The lowest BCUT2D eigenvalue weighted by Crippen LogP contribution is -2.62. The standard InChI is InChI=1S/C54H64N4O13/c1-3-42-38-15-16-55-41(38)26-58(42)48-50-32(18-40-44(62)17-29(2)69-51(40)48)19-46(54(70-50)23-30(33-20-47(64)57-24-33)9-11-34(54)25-56-35-7-5-4-6-8-35)71-68-28-53(67,52(66)49(65)45(63)27-59)22-31-10-14-43(61)37-13-12-36(60)21-39(31)37/h9-18,21,26,30,33-35,42,45-46,49,52,56,59-61,63,65-67H,3-8,19-20,22-25,27-28H2,1-2H3,(H,57,64)/t30-,33+,34+,42?,45-,46-,49-,52+,53+,54+/m1/s1. The summed E-state index contributed by atoms with van der Waals surface area (Å²) in [5.74, 6) is 0.0657. The number of aliphatic hydroxyl groups excluding tert-OH is 4. The topological polar surface area (TPSA) is 256 Å². The number of carbonyl (C=O) groups is 1. The Labute approximate surface area is 410 Å². The van der Waals surface area contributed by atoms with Gasteiger partial charge in [-0.25, -0.2) is 9.78 Å². The lowest BCUT2D eigenvalue weighted by atomic mass is 9.66. The number of aromatic hydroxyl groups is 2. The number of rotatable bonds is 16. The molecular weight excluding hydrogens is 913 g/mol. The smallest absolute Gasteiger partial charge is 0.220 e. The third kappa shape index (κ3) is 9.16. The highest BCUT2D eigenvalue weighted by atomic mass is 17.2. The van der Waals surface area contributed by atoms with Gasteiger partial charge in [-0.05, 0) is 91.8 Å². The third-order valence-corrected chi connectivity index (χ3v) is 15.9. The summed E-state index contributed by atoms with van der Waals surface area (Å²) in [6, 6.07) is 10.5. The highest BCUT2D eigenvalue weighted by Crippen LogP contribution is 2.54. The molecule has 4 aromatic rings. The van der Waals surface area contributed by atoms with E-state index in [1.807, 2.05) is 12.3 Å². The zero-order valence-corrected chi connectivity index (χ0v) is 40.0. The van der Waals surface area contributed by atoms with Crippen LogP contribution >= 0.6 is 0 Å². The van der Waals surface area contributed by atoms with E-state index in [1.165, 1.54) is 42.8 Å². The minimum absolute atomic E-state index is 0.0399. The van der Waals surface area contributed by atoms with Gasteiger partial charge in [-0.2, -0.15) is 0 Å². The summed E-state index contributed by atoms with van der Waals surface area (Å²) < 4.78 is 14.2. The van der Waals surface area contributed by atoms with Crippen LogP contribution in [0.1, 0.15) is 75.2 Å². The van der Waals surface area contributed by atoms with Crippen LogP contribution in [0.15, 0.2) is 92.4 Å². The Bertz CT molecular complexity index is 2870. The molecule has 17 nitrogen and oxygen atoms in total. The van der Waals surface area contributed by atoms with Gasteiger partial charge in [0.15, 0.2) is 16.8 Å². The van der Waals surface area contributed by atoms with Crippen LogP contribution in [0.4, 0.5) is 5.69 Å². The lowest BCUT2D eigenvalue weighted by Gasteiger charge is -2.52. The van der Waals surface area contributed by atoms with Crippen LogP contribution in [0.5, 0.6) is 17.2 Å². The summed E-state index contributed by atoms with van der Waals surface area (Å²) in [6.07, 6.45) is 9.59. The molecule has 3 aromatic carbocycles. The van der Waals surface area contributed by atoms with Crippen LogP contribution < -0.4 is 25.7 Å². The van der Waals surface area contributed by atoms with Crippen LogP contribution in [0.3, 0.4) is 0 Å². The number of aryl methyl sites for hydroxylation is 1.